The Hall–Kier alpha value is -2.33. The van der Waals surface area contributed by atoms with E-state index >= 15 is 0 Å². The van der Waals surface area contributed by atoms with Crippen molar-refractivity contribution in [2.45, 2.75) is 25.7 Å². The highest BCUT2D eigenvalue weighted by Crippen LogP contribution is 2.25. The lowest BCUT2D eigenvalue weighted by Crippen LogP contribution is -2.48. The molecular formula is C19H21NO3. The average Bonchev–Trinajstić information content (AvgIpc) is 2.62. The number of hydrogen-bond donors (Lipinski definition) is 0. The van der Waals surface area contributed by atoms with Gasteiger partial charge in [0.1, 0.15) is 12.7 Å². The van der Waals surface area contributed by atoms with Crippen molar-refractivity contribution in [2.75, 3.05) is 13.2 Å². The van der Waals surface area contributed by atoms with Crippen LogP contribution in [0.3, 0.4) is 0 Å². The fourth-order valence-corrected chi connectivity index (χ4v) is 2.68. The molecule has 1 aliphatic heterocycles. The number of ether oxygens (including phenoxy) is 2. The molecule has 0 aromatic heterocycles. The van der Waals surface area contributed by atoms with Crippen molar-refractivity contribution >= 4 is 6.09 Å². The fraction of sp³-hybridized carbons (Fsp3) is 0.316. The summed E-state index contributed by atoms with van der Waals surface area (Å²) in [6.07, 6.45) is -0.387. The molecule has 2 aromatic carbocycles. The normalized spacial score (nSPS) is 21.0. The second kappa shape index (κ2) is 7.29. The van der Waals surface area contributed by atoms with Crippen molar-refractivity contribution in [2.24, 2.45) is 0 Å². The Morgan fingerprint density at radius 3 is 2.48 bits per heavy atom. The number of carbonyl (C=O) groups is 1. The van der Waals surface area contributed by atoms with Crippen molar-refractivity contribution in [3.63, 3.8) is 0 Å². The van der Waals surface area contributed by atoms with E-state index in [1.807, 2.05) is 67.6 Å². The molecule has 1 fully saturated rings. The molecule has 0 bridgehead atoms. The van der Waals surface area contributed by atoms with Crippen LogP contribution in [0.4, 0.5) is 4.79 Å². The number of amides is 1. The van der Waals surface area contributed by atoms with E-state index in [1.54, 1.807) is 4.90 Å². The summed E-state index contributed by atoms with van der Waals surface area (Å²) in [5.41, 5.74) is 2.07. The summed E-state index contributed by atoms with van der Waals surface area (Å²) >= 11 is 0. The van der Waals surface area contributed by atoms with Crippen LogP contribution in [-0.2, 0) is 16.1 Å². The van der Waals surface area contributed by atoms with Gasteiger partial charge in [0.15, 0.2) is 0 Å². The largest absolute Gasteiger partial charge is 0.445 e. The van der Waals surface area contributed by atoms with Gasteiger partial charge in [0.05, 0.1) is 19.2 Å². The van der Waals surface area contributed by atoms with Gasteiger partial charge in [-0.15, -0.1) is 0 Å². The molecule has 1 aliphatic rings. The number of morpholine rings is 1. The predicted octanol–water partition coefficient (Wildman–Crippen LogP) is 3.79. The van der Waals surface area contributed by atoms with Gasteiger partial charge in [0.2, 0.25) is 0 Å². The molecule has 1 saturated heterocycles. The maximum Gasteiger partial charge on any atom is 0.410 e. The topological polar surface area (TPSA) is 38.8 Å². The molecule has 0 aliphatic carbocycles. The van der Waals surface area contributed by atoms with E-state index in [0.29, 0.717) is 19.8 Å². The first-order chi connectivity index (χ1) is 11.2. The van der Waals surface area contributed by atoms with Crippen LogP contribution < -0.4 is 0 Å². The number of hydrogen-bond acceptors (Lipinski definition) is 3. The van der Waals surface area contributed by atoms with E-state index in [9.17, 15) is 4.79 Å². The van der Waals surface area contributed by atoms with Crippen molar-refractivity contribution in [3.05, 3.63) is 71.8 Å². The van der Waals surface area contributed by atoms with Gasteiger partial charge in [-0.1, -0.05) is 60.7 Å². The Morgan fingerprint density at radius 1 is 1.13 bits per heavy atom. The quantitative estimate of drug-likeness (QED) is 0.866. The molecule has 0 radical (unpaired) electrons. The molecule has 4 nitrogen and oxygen atoms in total. The Balaban J connectivity index is 1.62. The van der Waals surface area contributed by atoms with Crippen LogP contribution in [0.5, 0.6) is 0 Å². The summed E-state index contributed by atoms with van der Waals surface area (Å²) < 4.78 is 11.3. The zero-order valence-electron chi connectivity index (χ0n) is 13.2. The Kier molecular flexibility index (Phi) is 4.93. The first-order valence-electron chi connectivity index (χ1n) is 7.88. The third kappa shape index (κ3) is 3.90. The van der Waals surface area contributed by atoms with Gasteiger partial charge in [-0.25, -0.2) is 4.79 Å². The summed E-state index contributed by atoms with van der Waals surface area (Å²) in [5.74, 6) is 0. The minimum atomic E-state index is -0.286. The maximum absolute atomic E-state index is 12.4. The van der Waals surface area contributed by atoms with Crippen LogP contribution in [0.1, 0.15) is 24.2 Å². The van der Waals surface area contributed by atoms with Gasteiger partial charge in [-0.3, -0.25) is 0 Å². The number of rotatable bonds is 3. The van der Waals surface area contributed by atoms with Crippen molar-refractivity contribution in [1.29, 1.82) is 0 Å². The van der Waals surface area contributed by atoms with Gasteiger partial charge in [-0.05, 0) is 18.1 Å². The van der Waals surface area contributed by atoms with E-state index < -0.39 is 0 Å². The molecule has 4 heteroatoms. The molecule has 23 heavy (non-hydrogen) atoms. The average molecular weight is 311 g/mol. The standard InChI is InChI=1S/C19H21NO3/c1-15-13-22-18(17-10-6-3-7-11-17)12-20(15)19(21)23-14-16-8-4-2-5-9-16/h2-11,15,18H,12-14H2,1H3. The van der Waals surface area contributed by atoms with Gasteiger partial charge in [-0.2, -0.15) is 0 Å². The summed E-state index contributed by atoms with van der Waals surface area (Å²) in [7, 11) is 0. The lowest BCUT2D eigenvalue weighted by molar-refractivity contribution is -0.0561. The lowest BCUT2D eigenvalue weighted by atomic mass is 10.1. The number of benzene rings is 2. The third-order valence-electron chi connectivity index (χ3n) is 4.04. The SMILES string of the molecule is CC1COC(c2ccccc2)CN1C(=O)OCc1ccccc1. The highest BCUT2D eigenvalue weighted by Gasteiger charge is 2.31. The van der Waals surface area contributed by atoms with E-state index in [2.05, 4.69) is 0 Å². The molecule has 1 amide bonds. The highest BCUT2D eigenvalue weighted by molar-refractivity contribution is 5.68. The first-order valence-corrected chi connectivity index (χ1v) is 7.88. The number of carbonyl (C=O) groups excluding carboxylic acids is 1. The fourth-order valence-electron chi connectivity index (χ4n) is 2.68. The Bertz CT molecular complexity index is 630. The highest BCUT2D eigenvalue weighted by atomic mass is 16.6. The molecular weight excluding hydrogens is 290 g/mol. The molecule has 0 N–H and O–H groups in total. The van der Waals surface area contributed by atoms with Crippen molar-refractivity contribution in [3.8, 4) is 0 Å². The van der Waals surface area contributed by atoms with Crippen molar-refractivity contribution in [1.82, 2.24) is 4.90 Å². The lowest BCUT2D eigenvalue weighted by Gasteiger charge is -2.37. The van der Waals surface area contributed by atoms with E-state index in [4.69, 9.17) is 9.47 Å². The van der Waals surface area contributed by atoms with Gasteiger partial charge in [0, 0.05) is 0 Å². The van der Waals surface area contributed by atoms with E-state index in [-0.39, 0.29) is 18.2 Å². The second-order valence-corrected chi connectivity index (χ2v) is 5.77. The smallest absolute Gasteiger partial charge is 0.410 e. The van der Waals surface area contributed by atoms with Crippen LogP contribution in [0.2, 0.25) is 0 Å². The molecule has 2 aromatic rings. The van der Waals surface area contributed by atoms with E-state index in [0.717, 1.165) is 11.1 Å². The summed E-state index contributed by atoms with van der Waals surface area (Å²) in [6.45, 7) is 3.30. The van der Waals surface area contributed by atoms with Crippen LogP contribution in [0.25, 0.3) is 0 Å². The summed E-state index contributed by atoms with van der Waals surface area (Å²) in [5, 5.41) is 0. The predicted molar refractivity (Wildman–Crippen MR) is 87.9 cm³/mol. The molecule has 0 saturated carbocycles. The Labute approximate surface area is 136 Å². The summed E-state index contributed by atoms with van der Waals surface area (Å²) in [4.78, 5) is 14.2. The van der Waals surface area contributed by atoms with Crippen LogP contribution in [-0.4, -0.2) is 30.2 Å². The molecule has 2 unspecified atom stereocenters. The van der Waals surface area contributed by atoms with Gasteiger partial charge in [0.25, 0.3) is 0 Å². The molecule has 0 spiro atoms. The zero-order chi connectivity index (χ0) is 16.1. The first kappa shape index (κ1) is 15.6. The Morgan fingerprint density at radius 2 is 1.78 bits per heavy atom. The minimum Gasteiger partial charge on any atom is -0.445 e. The maximum atomic E-state index is 12.4. The molecule has 1 heterocycles. The number of nitrogens with zero attached hydrogens (tertiary/aromatic N) is 1. The van der Waals surface area contributed by atoms with Gasteiger partial charge < -0.3 is 14.4 Å². The van der Waals surface area contributed by atoms with Crippen LogP contribution >= 0.6 is 0 Å². The minimum absolute atomic E-state index is 0.0123. The molecule has 120 valence electrons. The van der Waals surface area contributed by atoms with Crippen LogP contribution in [0.15, 0.2) is 60.7 Å². The van der Waals surface area contributed by atoms with E-state index in [1.165, 1.54) is 0 Å². The molecule has 3 rings (SSSR count). The third-order valence-corrected chi connectivity index (χ3v) is 4.04. The van der Waals surface area contributed by atoms with Crippen LogP contribution in [0, 0.1) is 0 Å². The van der Waals surface area contributed by atoms with Gasteiger partial charge >= 0.3 is 6.09 Å². The van der Waals surface area contributed by atoms with Crippen molar-refractivity contribution < 1.29 is 14.3 Å². The monoisotopic (exact) mass is 311 g/mol. The summed E-state index contributed by atoms with van der Waals surface area (Å²) in [6, 6.07) is 19.7. The zero-order valence-corrected chi connectivity index (χ0v) is 13.2. The molecule has 2 atom stereocenters. The second-order valence-electron chi connectivity index (χ2n) is 5.77.